The summed E-state index contributed by atoms with van der Waals surface area (Å²) in [6, 6.07) is 15.9. The second kappa shape index (κ2) is 10.3. The average Bonchev–Trinajstić information content (AvgIpc) is 2.76. The van der Waals surface area contributed by atoms with Crippen molar-refractivity contribution < 1.29 is 17.9 Å². The van der Waals surface area contributed by atoms with Crippen molar-refractivity contribution in [2.75, 3.05) is 29.6 Å². The summed E-state index contributed by atoms with van der Waals surface area (Å²) in [4.78, 5) is 0.0739. The molecule has 11 heteroatoms. The zero-order valence-corrected chi connectivity index (χ0v) is 20.1. The van der Waals surface area contributed by atoms with Gasteiger partial charge in [-0.2, -0.15) is 0 Å². The van der Waals surface area contributed by atoms with Gasteiger partial charge in [0.25, 0.3) is 10.0 Å². The monoisotopic (exact) mass is 511 g/mol. The van der Waals surface area contributed by atoms with Crippen LogP contribution in [0, 0.1) is 0 Å². The van der Waals surface area contributed by atoms with Crippen LogP contribution >= 0.6 is 35.4 Å². The molecule has 0 aliphatic rings. The van der Waals surface area contributed by atoms with Crippen molar-refractivity contribution in [3.8, 4) is 11.5 Å². The number of rotatable bonds is 7. The molecule has 0 atom stereocenters. The number of benzene rings is 3. The predicted octanol–water partition coefficient (Wildman–Crippen LogP) is 5.62. The summed E-state index contributed by atoms with van der Waals surface area (Å²) in [6.45, 7) is 0. The molecule has 0 amide bonds. The van der Waals surface area contributed by atoms with Gasteiger partial charge in [-0.15, -0.1) is 0 Å². The molecule has 7 nitrogen and oxygen atoms in total. The quantitative estimate of drug-likeness (QED) is 0.354. The highest BCUT2D eigenvalue weighted by Gasteiger charge is 2.15. The first-order chi connectivity index (χ1) is 15.2. The van der Waals surface area contributed by atoms with Crippen LogP contribution < -0.4 is 24.8 Å². The maximum Gasteiger partial charge on any atom is 0.261 e. The summed E-state index contributed by atoms with van der Waals surface area (Å²) in [5, 5.41) is 6.92. The number of nitrogens with one attached hydrogen (secondary N) is 3. The van der Waals surface area contributed by atoms with E-state index >= 15 is 0 Å². The highest BCUT2D eigenvalue weighted by molar-refractivity contribution is 7.92. The van der Waals surface area contributed by atoms with Crippen LogP contribution in [-0.4, -0.2) is 27.7 Å². The van der Waals surface area contributed by atoms with E-state index < -0.39 is 10.0 Å². The van der Waals surface area contributed by atoms with Gasteiger partial charge in [-0.1, -0.05) is 23.2 Å². The molecule has 0 saturated heterocycles. The van der Waals surface area contributed by atoms with Crippen LogP contribution in [0.3, 0.4) is 0 Å². The van der Waals surface area contributed by atoms with Gasteiger partial charge in [0.1, 0.15) is 11.5 Å². The molecular formula is C21H19Cl2N3O4S2. The van der Waals surface area contributed by atoms with Gasteiger partial charge in [-0.25, -0.2) is 8.42 Å². The fourth-order valence-electron chi connectivity index (χ4n) is 2.68. The van der Waals surface area contributed by atoms with Gasteiger partial charge in [0, 0.05) is 11.8 Å². The van der Waals surface area contributed by atoms with Crippen molar-refractivity contribution in [1.82, 2.24) is 0 Å². The lowest BCUT2D eigenvalue weighted by Crippen LogP contribution is -2.19. The fraction of sp³-hybridized carbons (Fsp3) is 0.0952. The number of hydrogen-bond donors (Lipinski definition) is 3. The number of thiocarbonyl (C=S) groups is 1. The standard InChI is InChI=1S/C21H19Cl2N3O4S2/c1-29-15-6-10-19(20(12-15)30-2)25-21(31)24-13-3-7-16(8-4-13)32(27,28)26-14-5-9-17(22)18(23)11-14/h3-12,26H,1-2H3,(H2,24,25,31). The van der Waals surface area contributed by atoms with Crippen LogP contribution in [0.25, 0.3) is 0 Å². The first-order valence-corrected chi connectivity index (χ1v) is 11.7. The molecule has 168 valence electrons. The smallest absolute Gasteiger partial charge is 0.261 e. The normalized spacial score (nSPS) is 10.9. The van der Waals surface area contributed by atoms with Crippen molar-refractivity contribution in [1.29, 1.82) is 0 Å². The third kappa shape index (κ3) is 5.95. The third-order valence-corrected chi connectivity index (χ3v) is 6.59. The number of methoxy groups -OCH3 is 2. The third-order valence-electron chi connectivity index (χ3n) is 4.25. The Morgan fingerprint density at radius 1 is 0.844 bits per heavy atom. The summed E-state index contributed by atoms with van der Waals surface area (Å²) in [6.07, 6.45) is 0. The molecule has 0 radical (unpaired) electrons. The predicted molar refractivity (Wildman–Crippen MR) is 133 cm³/mol. The van der Waals surface area contributed by atoms with Gasteiger partial charge in [0.15, 0.2) is 5.11 Å². The molecule has 0 spiro atoms. The molecular weight excluding hydrogens is 493 g/mol. The first kappa shape index (κ1) is 23.9. The van der Waals surface area contributed by atoms with Gasteiger partial charge in [-0.05, 0) is 66.8 Å². The van der Waals surface area contributed by atoms with Crippen LogP contribution in [-0.2, 0) is 10.0 Å². The zero-order chi connectivity index (χ0) is 23.3. The van der Waals surface area contributed by atoms with Crippen LogP contribution in [0.5, 0.6) is 11.5 Å². The van der Waals surface area contributed by atoms with E-state index in [4.69, 9.17) is 44.9 Å². The molecule has 0 bridgehead atoms. The highest BCUT2D eigenvalue weighted by atomic mass is 35.5. The van der Waals surface area contributed by atoms with Crippen LogP contribution in [0.4, 0.5) is 17.1 Å². The summed E-state index contributed by atoms with van der Waals surface area (Å²) in [5.74, 6) is 1.21. The van der Waals surface area contributed by atoms with Crippen molar-refractivity contribution in [3.05, 3.63) is 70.7 Å². The molecule has 3 rings (SSSR count). The van der Waals surface area contributed by atoms with E-state index in [1.54, 1.807) is 44.6 Å². The molecule has 0 unspecified atom stereocenters. The van der Waals surface area contributed by atoms with Gasteiger partial charge in [-0.3, -0.25) is 4.72 Å². The van der Waals surface area contributed by atoms with E-state index in [2.05, 4.69) is 15.4 Å². The van der Waals surface area contributed by atoms with E-state index in [1.807, 2.05) is 0 Å². The lowest BCUT2D eigenvalue weighted by atomic mass is 10.2. The topological polar surface area (TPSA) is 88.7 Å². The number of sulfonamides is 1. The summed E-state index contributed by atoms with van der Waals surface area (Å²) in [5.41, 5.74) is 1.56. The fourth-order valence-corrected chi connectivity index (χ4v) is 4.25. The molecule has 0 aliphatic heterocycles. The minimum Gasteiger partial charge on any atom is -0.497 e. The Kier molecular flexibility index (Phi) is 7.68. The van der Waals surface area contributed by atoms with E-state index in [0.717, 1.165) is 0 Å². The van der Waals surface area contributed by atoms with Crippen LogP contribution in [0.15, 0.2) is 65.6 Å². The van der Waals surface area contributed by atoms with Crippen molar-refractivity contribution in [3.63, 3.8) is 0 Å². The zero-order valence-electron chi connectivity index (χ0n) is 17.0. The number of hydrogen-bond acceptors (Lipinski definition) is 5. The lowest BCUT2D eigenvalue weighted by Gasteiger charge is -2.15. The lowest BCUT2D eigenvalue weighted by molar-refractivity contribution is 0.395. The largest absolute Gasteiger partial charge is 0.497 e. The Labute approximate surface area is 201 Å². The second-order valence-electron chi connectivity index (χ2n) is 6.40. The number of ether oxygens (including phenoxy) is 2. The van der Waals surface area contributed by atoms with Crippen molar-refractivity contribution >= 4 is 67.6 Å². The van der Waals surface area contributed by atoms with Crippen molar-refractivity contribution in [2.24, 2.45) is 0 Å². The van der Waals surface area contributed by atoms with Gasteiger partial charge >= 0.3 is 0 Å². The molecule has 3 aromatic carbocycles. The molecule has 32 heavy (non-hydrogen) atoms. The molecule has 3 N–H and O–H groups in total. The summed E-state index contributed by atoms with van der Waals surface area (Å²) < 4.78 is 38.2. The van der Waals surface area contributed by atoms with E-state index in [0.29, 0.717) is 38.7 Å². The van der Waals surface area contributed by atoms with Crippen LogP contribution in [0.1, 0.15) is 0 Å². The first-order valence-electron chi connectivity index (χ1n) is 9.10. The second-order valence-corrected chi connectivity index (χ2v) is 9.31. The maximum absolute atomic E-state index is 12.6. The molecule has 0 aliphatic carbocycles. The molecule has 3 aromatic rings. The van der Waals surface area contributed by atoms with E-state index in [1.165, 1.54) is 30.3 Å². The van der Waals surface area contributed by atoms with Gasteiger partial charge in [0.05, 0.1) is 40.5 Å². The van der Waals surface area contributed by atoms with E-state index in [-0.39, 0.29) is 9.92 Å². The summed E-state index contributed by atoms with van der Waals surface area (Å²) >= 11 is 17.1. The molecule has 0 heterocycles. The maximum atomic E-state index is 12.6. The minimum absolute atomic E-state index is 0.0739. The number of halogens is 2. The average molecular weight is 512 g/mol. The van der Waals surface area contributed by atoms with Crippen LogP contribution in [0.2, 0.25) is 10.0 Å². The van der Waals surface area contributed by atoms with Gasteiger partial charge < -0.3 is 20.1 Å². The number of anilines is 3. The Bertz CT molecular complexity index is 1240. The highest BCUT2D eigenvalue weighted by Crippen LogP contribution is 2.29. The Hall–Kier alpha value is -2.72. The summed E-state index contributed by atoms with van der Waals surface area (Å²) in [7, 11) is -0.698. The van der Waals surface area contributed by atoms with Crippen molar-refractivity contribution in [2.45, 2.75) is 4.90 Å². The van der Waals surface area contributed by atoms with Gasteiger partial charge in [0.2, 0.25) is 0 Å². The SMILES string of the molecule is COc1ccc(NC(=S)Nc2ccc(S(=O)(=O)Nc3ccc(Cl)c(Cl)c3)cc2)c(OC)c1. The Morgan fingerprint density at radius 2 is 1.53 bits per heavy atom. The Balaban J connectivity index is 1.67. The van der Waals surface area contributed by atoms with E-state index in [9.17, 15) is 8.42 Å². The minimum atomic E-state index is -3.81. The molecule has 0 fully saturated rings. The molecule has 0 saturated carbocycles. The molecule has 0 aromatic heterocycles. The Morgan fingerprint density at radius 3 is 2.16 bits per heavy atom.